The fraction of sp³-hybridized carbons (Fsp3) is 0.538. The minimum Gasteiger partial charge on any atom is -0.382 e. The molecule has 0 spiro atoms. The number of terminal acetylenes is 1. The fourth-order valence-corrected chi connectivity index (χ4v) is 2.43. The first-order chi connectivity index (χ1) is 8.97. The van der Waals surface area contributed by atoms with Crippen LogP contribution in [0.3, 0.4) is 0 Å². The Morgan fingerprint density at radius 1 is 1.58 bits per heavy atom. The van der Waals surface area contributed by atoms with Crippen LogP contribution in [0, 0.1) is 12.3 Å². The lowest BCUT2D eigenvalue weighted by atomic mass is 10.1. The molecule has 4 N–H and O–H groups in total. The maximum absolute atomic E-state index is 12.1. The van der Waals surface area contributed by atoms with Gasteiger partial charge in [-0.05, 0) is 20.3 Å². The van der Waals surface area contributed by atoms with E-state index >= 15 is 0 Å². The van der Waals surface area contributed by atoms with Crippen LogP contribution in [0.2, 0.25) is 0 Å². The molecular weight excluding hydrogens is 260 g/mol. The average molecular weight is 280 g/mol. The number of rotatable bonds is 6. The lowest BCUT2D eigenvalue weighted by Crippen LogP contribution is -2.33. The summed E-state index contributed by atoms with van der Waals surface area (Å²) in [5, 5.41) is 6.66. The summed E-state index contributed by atoms with van der Waals surface area (Å²) in [6, 6.07) is 0.215. The van der Waals surface area contributed by atoms with E-state index in [1.807, 2.05) is 20.8 Å². The van der Waals surface area contributed by atoms with E-state index in [4.69, 9.17) is 12.2 Å². The molecule has 1 aromatic heterocycles. The lowest BCUT2D eigenvalue weighted by molar-refractivity contribution is 0.0941. The van der Waals surface area contributed by atoms with Gasteiger partial charge < -0.3 is 16.4 Å². The molecule has 0 bridgehead atoms. The summed E-state index contributed by atoms with van der Waals surface area (Å²) in [6.45, 7) is 5.97. The molecule has 0 aliphatic rings. The van der Waals surface area contributed by atoms with E-state index in [1.54, 1.807) is 0 Å². The quantitative estimate of drug-likeness (QED) is 0.697. The van der Waals surface area contributed by atoms with Crippen molar-refractivity contribution in [3.8, 4) is 12.3 Å². The van der Waals surface area contributed by atoms with Crippen LogP contribution in [0.4, 0.5) is 10.9 Å². The Morgan fingerprint density at radius 3 is 2.79 bits per heavy atom. The minimum absolute atomic E-state index is 0.0273. The van der Waals surface area contributed by atoms with Gasteiger partial charge in [0, 0.05) is 18.5 Å². The van der Waals surface area contributed by atoms with Crippen LogP contribution < -0.4 is 16.4 Å². The van der Waals surface area contributed by atoms with Crippen LogP contribution in [-0.4, -0.2) is 23.0 Å². The molecule has 0 radical (unpaired) electrons. The van der Waals surface area contributed by atoms with Crippen LogP contribution in [0.5, 0.6) is 0 Å². The van der Waals surface area contributed by atoms with Crippen molar-refractivity contribution in [2.75, 3.05) is 11.1 Å². The maximum atomic E-state index is 12.1. The summed E-state index contributed by atoms with van der Waals surface area (Å²) in [4.78, 5) is 16.7. The number of nitrogen functional groups attached to an aromatic ring is 1. The number of nitrogens with zero attached hydrogens (tertiary/aromatic N) is 1. The van der Waals surface area contributed by atoms with Gasteiger partial charge in [-0.1, -0.05) is 18.3 Å². The minimum atomic E-state index is -0.214. The first-order valence-corrected chi connectivity index (χ1v) is 7.06. The third-order valence-electron chi connectivity index (χ3n) is 2.46. The zero-order chi connectivity index (χ0) is 14.4. The molecule has 1 amide bonds. The van der Waals surface area contributed by atoms with Gasteiger partial charge in [0.1, 0.15) is 10.7 Å². The first kappa shape index (κ1) is 15.3. The summed E-state index contributed by atoms with van der Waals surface area (Å²) in [5.74, 6) is 2.59. The Bertz CT molecular complexity index is 475. The molecule has 19 heavy (non-hydrogen) atoms. The molecule has 1 unspecified atom stereocenters. The molecular formula is C13H20N4OS. The van der Waals surface area contributed by atoms with E-state index in [1.165, 1.54) is 11.3 Å². The predicted molar refractivity (Wildman–Crippen MR) is 80.3 cm³/mol. The van der Waals surface area contributed by atoms with Crippen molar-refractivity contribution >= 4 is 28.2 Å². The summed E-state index contributed by atoms with van der Waals surface area (Å²) < 4.78 is 0. The number of carbonyl (C=O) groups is 1. The summed E-state index contributed by atoms with van der Waals surface area (Å²) in [6.07, 6.45) is 6.56. The third kappa shape index (κ3) is 4.45. The zero-order valence-corrected chi connectivity index (χ0v) is 12.3. The van der Waals surface area contributed by atoms with E-state index in [9.17, 15) is 4.79 Å². The predicted octanol–water partition coefficient (Wildman–Crippen LogP) is 2.08. The second kappa shape index (κ2) is 7.00. The van der Waals surface area contributed by atoms with Gasteiger partial charge in [-0.25, -0.2) is 4.98 Å². The lowest BCUT2D eigenvalue weighted by Gasteiger charge is -2.13. The maximum Gasteiger partial charge on any atom is 0.265 e. The largest absolute Gasteiger partial charge is 0.382 e. The number of anilines is 2. The number of hydrogen-bond acceptors (Lipinski definition) is 5. The van der Waals surface area contributed by atoms with E-state index in [-0.39, 0.29) is 23.8 Å². The summed E-state index contributed by atoms with van der Waals surface area (Å²) >= 11 is 1.26. The highest BCUT2D eigenvalue weighted by Gasteiger charge is 2.18. The Kier molecular flexibility index (Phi) is 5.64. The summed E-state index contributed by atoms with van der Waals surface area (Å²) in [7, 11) is 0. The van der Waals surface area contributed by atoms with E-state index in [0.29, 0.717) is 16.4 Å². The molecule has 6 heteroatoms. The van der Waals surface area contributed by atoms with Crippen molar-refractivity contribution in [3.63, 3.8) is 0 Å². The average Bonchev–Trinajstić information content (AvgIpc) is 2.68. The number of aromatic nitrogens is 1. The Morgan fingerprint density at radius 2 is 2.26 bits per heavy atom. The van der Waals surface area contributed by atoms with Crippen LogP contribution in [0.1, 0.15) is 43.3 Å². The van der Waals surface area contributed by atoms with Gasteiger partial charge in [-0.3, -0.25) is 4.79 Å². The van der Waals surface area contributed by atoms with Gasteiger partial charge in [0.25, 0.3) is 5.91 Å². The topological polar surface area (TPSA) is 80.0 Å². The number of carbonyl (C=O) groups excluding carboxylic acids is 1. The van der Waals surface area contributed by atoms with E-state index in [0.717, 1.165) is 6.42 Å². The monoisotopic (exact) mass is 280 g/mol. The van der Waals surface area contributed by atoms with Crippen molar-refractivity contribution in [1.82, 2.24) is 10.3 Å². The number of nitrogens with one attached hydrogen (secondary N) is 2. The smallest absolute Gasteiger partial charge is 0.265 e. The van der Waals surface area contributed by atoms with Gasteiger partial charge in [0.15, 0.2) is 5.13 Å². The van der Waals surface area contributed by atoms with Crippen molar-refractivity contribution in [2.24, 2.45) is 0 Å². The second-order valence-electron chi connectivity index (χ2n) is 4.52. The molecule has 0 fully saturated rings. The van der Waals surface area contributed by atoms with Gasteiger partial charge in [0.05, 0.1) is 0 Å². The van der Waals surface area contributed by atoms with Gasteiger partial charge in [-0.15, -0.1) is 12.3 Å². The third-order valence-corrected chi connectivity index (χ3v) is 3.47. The second-order valence-corrected chi connectivity index (χ2v) is 5.52. The van der Waals surface area contributed by atoms with Gasteiger partial charge in [0.2, 0.25) is 0 Å². The molecule has 0 saturated carbocycles. The Balaban J connectivity index is 2.76. The number of hydrogen-bond donors (Lipinski definition) is 3. The standard InChI is InChI=1S/C13H20N4OS/c1-5-7-9(6-2)16-12(18)10-11(14)17-13(19-10)15-8(3)4/h1,8-9H,6-7,14H2,2-4H3,(H,15,17)(H,16,18). The number of amides is 1. The van der Waals surface area contributed by atoms with Crippen molar-refractivity contribution in [2.45, 2.75) is 45.7 Å². The normalized spacial score (nSPS) is 11.9. The molecule has 0 aliphatic heterocycles. The van der Waals surface area contributed by atoms with Crippen LogP contribution >= 0.6 is 11.3 Å². The number of nitrogens with two attached hydrogens (primary N) is 1. The Labute approximate surface area is 118 Å². The van der Waals surface area contributed by atoms with Crippen molar-refractivity contribution < 1.29 is 4.79 Å². The highest BCUT2D eigenvalue weighted by molar-refractivity contribution is 7.18. The van der Waals surface area contributed by atoms with E-state index in [2.05, 4.69) is 21.5 Å². The first-order valence-electron chi connectivity index (χ1n) is 6.25. The molecule has 1 aromatic rings. The van der Waals surface area contributed by atoms with Crippen molar-refractivity contribution in [3.05, 3.63) is 4.88 Å². The molecule has 5 nitrogen and oxygen atoms in total. The molecule has 0 aliphatic carbocycles. The summed E-state index contributed by atoms with van der Waals surface area (Å²) in [5.41, 5.74) is 5.77. The SMILES string of the molecule is C#CCC(CC)NC(=O)c1sc(NC(C)C)nc1N. The van der Waals surface area contributed by atoms with Gasteiger partial charge in [-0.2, -0.15) is 0 Å². The molecule has 1 atom stereocenters. The molecule has 1 rings (SSSR count). The number of thiazole rings is 1. The van der Waals surface area contributed by atoms with Crippen LogP contribution in [0.15, 0.2) is 0 Å². The van der Waals surface area contributed by atoms with Gasteiger partial charge >= 0.3 is 0 Å². The molecule has 1 heterocycles. The van der Waals surface area contributed by atoms with Crippen molar-refractivity contribution in [1.29, 1.82) is 0 Å². The molecule has 0 aromatic carbocycles. The zero-order valence-electron chi connectivity index (χ0n) is 11.5. The highest BCUT2D eigenvalue weighted by atomic mass is 32.1. The van der Waals surface area contributed by atoms with E-state index < -0.39 is 0 Å². The molecule has 0 saturated heterocycles. The molecule has 104 valence electrons. The van der Waals surface area contributed by atoms with Crippen LogP contribution in [-0.2, 0) is 0 Å². The highest BCUT2D eigenvalue weighted by Crippen LogP contribution is 2.25. The van der Waals surface area contributed by atoms with Crippen LogP contribution in [0.25, 0.3) is 0 Å². The fourth-order valence-electron chi connectivity index (χ4n) is 1.49. The Hall–Kier alpha value is -1.74.